The van der Waals surface area contributed by atoms with Crippen molar-refractivity contribution in [3.63, 3.8) is 0 Å². The molecule has 2 nitrogen and oxygen atoms in total. The molecule has 1 N–H and O–H groups in total. The molecule has 1 rings (SSSR count). The Kier molecular flexibility index (Phi) is 7.06. The molecule has 0 radical (unpaired) electrons. The monoisotopic (exact) mass is 226 g/mol. The van der Waals surface area contributed by atoms with E-state index in [9.17, 15) is 0 Å². The fourth-order valence-electron chi connectivity index (χ4n) is 2.70. The van der Waals surface area contributed by atoms with Gasteiger partial charge in [-0.2, -0.15) is 0 Å². The van der Waals surface area contributed by atoms with Gasteiger partial charge in [0.1, 0.15) is 0 Å². The molecule has 0 spiro atoms. The largest absolute Gasteiger partial charge is 0.315 e. The van der Waals surface area contributed by atoms with Gasteiger partial charge in [-0.3, -0.25) is 4.90 Å². The molecular formula is C14H30N2. The second kappa shape index (κ2) is 8.08. The molecule has 0 aromatic heterocycles. The molecule has 1 heterocycles. The Labute approximate surface area is 102 Å². The highest BCUT2D eigenvalue weighted by atomic mass is 15.2. The van der Waals surface area contributed by atoms with E-state index < -0.39 is 0 Å². The van der Waals surface area contributed by atoms with Gasteiger partial charge >= 0.3 is 0 Å². The van der Waals surface area contributed by atoms with Gasteiger partial charge in [0.15, 0.2) is 0 Å². The van der Waals surface area contributed by atoms with Gasteiger partial charge in [0.25, 0.3) is 0 Å². The predicted octanol–water partition coefficient (Wildman–Crippen LogP) is 2.89. The Bertz CT molecular complexity index is 159. The van der Waals surface area contributed by atoms with Crippen LogP contribution in [0.4, 0.5) is 0 Å². The Hall–Kier alpha value is -0.0800. The van der Waals surface area contributed by atoms with Gasteiger partial charge in [-0.05, 0) is 51.2 Å². The van der Waals surface area contributed by atoms with Crippen molar-refractivity contribution in [3.8, 4) is 0 Å². The van der Waals surface area contributed by atoms with Crippen LogP contribution in [0.15, 0.2) is 0 Å². The molecular weight excluding hydrogens is 196 g/mol. The summed E-state index contributed by atoms with van der Waals surface area (Å²) in [5, 5.41) is 3.57. The van der Waals surface area contributed by atoms with E-state index >= 15 is 0 Å². The van der Waals surface area contributed by atoms with Crippen molar-refractivity contribution < 1.29 is 0 Å². The van der Waals surface area contributed by atoms with Gasteiger partial charge in [-0.1, -0.05) is 27.2 Å². The number of likely N-dealkylation sites (tertiary alicyclic amines) is 1. The molecule has 96 valence electrons. The summed E-state index contributed by atoms with van der Waals surface area (Å²) in [5.41, 5.74) is 0. The Balaban J connectivity index is 2.25. The summed E-state index contributed by atoms with van der Waals surface area (Å²) in [4.78, 5) is 2.70. The Morgan fingerprint density at radius 1 is 1.19 bits per heavy atom. The van der Waals surface area contributed by atoms with Crippen LogP contribution in [0.5, 0.6) is 0 Å². The average molecular weight is 226 g/mol. The van der Waals surface area contributed by atoms with E-state index in [1.54, 1.807) is 0 Å². The minimum absolute atomic E-state index is 0.768. The van der Waals surface area contributed by atoms with E-state index in [0.717, 1.165) is 12.0 Å². The summed E-state index contributed by atoms with van der Waals surface area (Å²) < 4.78 is 0. The summed E-state index contributed by atoms with van der Waals surface area (Å²) in [6, 6.07) is 0.768. The zero-order valence-electron chi connectivity index (χ0n) is 11.5. The number of nitrogens with zero attached hydrogens (tertiary/aromatic N) is 1. The maximum atomic E-state index is 3.57. The van der Waals surface area contributed by atoms with Gasteiger partial charge in [0, 0.05) is 12.6 Å². The first-order chi connectivity index (χ1) is 7.81. The third kappa shape index (κ3) is 4.42. The lowest BCUT2D eigenvalue weighted by atomic mass is 9.93. The van der Waals surface area contributed by atoms with Crippen molar-refractivity contribution in [1.29, 1.82) is 0 Å². The summed E-state index contributed by atoms with van der Waals surface area (Å²) in [7, 11) is 0. The second-order valence-corrected chi connectivity index (χ2v) is 5.15. The van der Waals surface area contributed by atoms with Crippen molar-refractivity contribution in [2.24, 2.45) is 5.92 Å². The van der Waals surface area contributed by atoms with Crippen LogP contribution < -0.4 is 5.32 Å². The smallest absolute Gasteiger partial charge is 0.0218 e. The molecule has 0 bridgehead atoms. The number of hydrogen-bond donors (Lipinski definition) is 1. The number of nitrogens with one attached hydrogen (secondary N) is 1. The molecule has 16 heavy (non-hydrogen) atoms. The molecule has 0 aromatic carbocycles. The number of piperidine rings is 1. The van der Waals surface area contributed by atoms with E-state index in [2.05, 4.69) is 31.0 Å². The topological polar surface area (TPSA) is 15.3 Å². The molecule has 1 atom stereocenters. The lowest BCUT2D eigenvalue weighted by molar-refractivity contribution is 0.126. The zero-order chi connectivity index (χ0) is 11.8. The number of hydrogen-bond acceptors (Lipinski definition) is 2. The zero-order valence-corrected chi connectivity index (χ0v) is 11.5. The van der Waals surface area contributed by atoms with E-state index in [4.69, 9.17) is 0 Å². The molecule has 1 aliphatic heterocycles. The summed E-state index contributed by atoms with van der Waals surface area (Å²) >= 11 is 0. The fourth-order valence-corrected chi connectivity index (χ4v) is 2.70. The van der Waals surface area contributed by atoms with Gasteiger partial charge in [0.2, 0.25) is 0 Å². The summed E-state index contributed by atoms with van der Waals surface area (Å²) in [6.45, 7) is 11.9. The van der Waals surface area contributed by atoms with Gasteiger partial charge in [-0.15, -0.1) is 0 Å². The van der Waals surface area contributed by atoms with E-state index in [-0.39, 0.29) is 0 Å². The predicted molar refractivity (Wildman–Crippen MR) is 71.8 cm³/mol. The standard InChI is InChI=1S/C14H30N2/c1-4-9-15-12-14(6-3)16-10-7-13(5-2)8-11-16/h13-15H,4-12H2,1-3H3. The maximum Gasteiger partial charge on any atom is 0.0218 e. The third-order valence-electron chi connectivity index (χ3n) is 4.02. The van der Waals surface area contributed by atoms with Crippen molar-refractivity contribution >= 4 is 0 Å². The van der Waals surface area contributed by atoms with Crippen LogP contribution >= 0.6 is 0 Å². The highest BCUT2D eigenvalue weighted by Crippen LogP contribution is 2.22. The second-order valence-electron chi connectivity index (χ2n) is 5.15. The van der Waals surface area contributed by atoms with Gasteiger partial charge in [0.05, 0.1) is 0 Å². The highest BCUT2D eigenvalue weighted by Gasteiger charge is 2.22. The minimum atomic E-state index is 0.768. The van der Waals surface area contributed by atoms with Crippen LogP contribution in [0, 0.1) is 5.92 Å². The molecule has 1 saturated heterocycles. The van der Waals surface area contributed by atoms with Crippen LogP contribution in [0.3, 0.4) is 0 Å². The normalized spacial score (nSPS) is 21.2. The lowest BCUT2D eigenvalue weighted by Crippen LogP contribution is -2.46. The van der Waals surface area contributed by atoms with E-state index in [0.29, 0.717) is 0 Å². The minimum Gasteiger partial charge on any atom is -0.315 e. The Morgan fingerprint density at radius 2 is 1.88 bits per heavy atom. The maximum absolute atomic E-state index is 3.57. The van der Waals surface area contributed by atoms with Crippen molar-refractivity contribution in [3.05, 3.63) is 0 Å². The van der Waals surface area contributed by atoms with Crippen molar-refractivity contribution in [2.75, 3.05) is 26.2 Å². The van der Waals surface area contributed by atoms with Crippen LogP contribution in [-0.4, -0.2) is 37.1 Å². The molecule has 1 aliphatic rings. The van der Waals surface area contributed by atoms with E-state index in [1.165, 1.54) is 58.3 Å². The third-order valence-corrected chi connectivity index (χ3v) is 4.02. The summed E-state index contributed by atoms with van der Waals surface area (Å²) in [6.07, 6.45) is 6.74. The molecule has 0 aliphatic carbocycles. The van der Waals surface area contributed by atoms with Crippen LogP contribution in [-0.2, 0) is 0 Å². The first kappa shape index (κ1) is 14.0. The number of rotatable bonds is 7. The molecule has 1 fully saturated rings. The first-order valence-electron chi connectivity index (χ1n) is 7.26. The first-order valence-corrected chi connectivity index (χ1v) is 7.26. The van der Waals surface area contributed by atoms with Crippen molar-refractivity contribution in [1.82, 2.24) is 10.2 Å². The molecule has 0 aromatic rings. The molecule has 0 saturated carbocycles. The van der Waals surface area contributed by atoms with Crippen LogP contribution in [0.2, 0.25) is 0 Å². The fraction of sp³-hybridized carbons (Fsp3) is 1.00. The van der Waals surface area contributed by atoms with Crippen LogP contribution in [0.1, 0.15) is 52.9 Å². The molecule has 1 unspecified atom stereocenters. The molecule has 2 heteroatoms. The average Bonchev–Trinajstić information content (AvgIpc) is 2.35. The van der Waals surface area contributed by atoms with E-state index in [1.807, 2.05) is 0 Å². The van der Waals surface area contributed by atoms with Gasteiger partial charge < -0.3 is 5.32 Å². The SMILES string of the molecule is CCCNCC(CC)N1CCC(CC)CC1. The Morgan fingerprint density at radius 3 is 2.38 bits per heavy atom. The highest BCUT2D eigenvalue weighted by molar-refractivity contribution is 4.78. The van der Waals surface area contributed by atoms with Crippen molar-refractivity contribution in [2.45, 2.75) is 58.9 Å². The molecule has 0 amide bonds. The summed E-state index contributed by atoms with van der Waals surface area (Å²) in [5.74, 6) is 0.998. The quantitative estimate of drug-likeness (QED) is 0.672. The van der Waals surface area contributed by atoms with Gasteiger partial charge in [-0.25, -0.2) is 0 Å². The lowest BCUT2D eigenvalue weighted by Gasteiger charge is -2.37. The van der Waals surface area contributed by atoms with Crippen LogP contribution in [0.25, 0.3) is 0 Å².